The predicted octanol–water partition coefficient (Wildman–Crippen LogP) is 1.72. The van der Waals surface area contributed by atoms with Gasteiger partial charge in [0.2, 0.25) is 5.91 Å². The van der Waals surface area contributed by atoms with Gasteiger partial charge in [-0.15, -0.1) is 13.2 Å². The molecule has 0 unspecified atom stereocenters. The van der Waals surface area contributed by atoms with Crippen molar-refractivity contribution in [3.8, 4) is 5.75 Å². The number of carbonyl (C=O) groups is 2. The highest BCUT2D eigenvalue weighted by Gasteiger charge is 2.31. The van der Waals surface area contributed by atoms with Crippen LogP contribution in [0.2, 0.25) is 0 Å². The summed E-state index contributed by atoms with van der Waals surface area (Å²) in [6.07, 6.45) is -5.05. The van der Waals surface area contributed by atoms with Crippen LogP contribution in [0.5, 0.6) is 5.75 Å². The number of carboxylic acid groups (broad SMARTS) is 1. The van der Waals surface area contributed by atoms with Crippen LogP contribution in [0.15, 0.2) is 24.3 Å². The third-order valence-electron chi connectivity index (χ3n) is 2.24. The molecular weight excluding hydrogens is 279 g/mol. The molecule has 5 nitrogen and oxygen atoms in total. The smallest absolute Gasteiger partial charge is 0.480 e. The fourth-order valence-electron chi connectivity index (χ4n) is 1.39. The number of hydrogen-bond donors (Lipinski definition) is 2. The van der Waals surface area contributed by atoms with E-state index in [-0.39, 0.29) is 12.0 Å². The lowest BCUT2D eigenvalue weighted by atomic mass is 10.1. The molecule has 0 aliphatic carbocycles. The minimum Gasteiger partial charge on any atom is -0.480 e. The van der Waals surface area contributed by atoms with E-state index in [1.807, 2.05) is 0 Å². The zero-order valence-electron chi connectivity index (χ0n) is 10.4. The minimum atomic E-state index is -4.81. The van der Waals surface area contributed by atoms with E-state index in [1.165, 1.54) is 19.1 Å². The van der Waals surface area contributed by atoms with Crippen molar-refractivity contribution in [3.05, 3.63) is 29.8 Å². The van der Waals surface area contributed by atoms with Gasteiger partial charge in [0.15, 0.2) is 0 Å². The van der Waals surface area contributed by atoms with Crippen LogP contribution in [0.4, 0.5) is 13.2 Å². The highest BCUT2D eigenvalue weighted by Crippen LogP contribution is 2.23. The topological polar surface area (TPSA) is 75.6 Å². The molecule has 0 saturated carbocycles. The molecule has 1 amide bonds. The molecule has 0 spiro atoms. The molecular formula is C12H12F3NO4. The number of nitrogens with one attached hydrogen (secondary N) is 1. The second-order valence-corrected chi connectivity index (χ2v) is 4.00. The molecule has 1 atom stereocenters. The van der Waals surface area contributed by atoms with Crippen molar-refractivity contribution in [1.82, 2.24) is 5.32 Å². The average molecular weight is 291 g/mol. The lowest BCUT2D eigenvalue weighted by Gasteiger charge is -2.11. The third kappa shape index (κ3) is 5.59. The number of amides is 1. The Morgan fingerprint density at radius 1 is 1.40 bits per heavy atom. The summed E-state index contributed by atoms with van der Waals surface area (Å²) in [5.74, 6) is -2.24. The Kier molecular flexibility index (Phi) is 4.95. The molecule has 0 aliphatic rings. The van der Waals surface area contributed by atoms with Gasteiger partial charge in [0.25, 0.3) is 0 Å². The highest BCUT2D eigenvalue weighted by molar-refractivity contribution is 5.84. The molecule has 0 saturated heterocycles. The Bertz CT molecular complexity index is 502. The van der Waals surface area contributed by atoms with Gasteiger partial charge >= 0.3 is 12.3 Å². The zero-order valence-corrected chi connectivity index (χ0v) is 10.4. The zero-order chi connectivity index (χ0) is 15.3. The summed E-state index contributed by atoms with van der Waals surface area (Å²) in [5.41, 5.74) is 0.279. The Morgan fingerprint density at radius 2 is 2.05 bits per heavy atom. The Balaban J connectivity index is 2.66. The van der Waals surface area contributed by atoms with E-state index in [9.17, 15) is 22.8 Å². The van der Waals surface area contributed by atoms with Crippen molar-refractivity contribution in [1.29, 1.82) is 0 Å². The number of hydrogen-bond acceptors (Lipinski definition) is 3. The van der Waals surface area contributed by atoms with E-state index >= 15 is 0 Å². The van der Waals surface area contributed by atoms with E-state index in [1.54, 1.807) is 0 Å². The third-order valence-corrected chi connectivity index (χ3v) is 2.24. The van der Waals surface area contributed by atoms with Crippen LogP contribution in [0, 0.1) is 0 Å². The maximum Gasteiger partial charge on any atom is 0.573 e. The fourth-order valence-corrected chi connectivity index (χ4v) is 1.39. The molecule has 0 radical (unpaired) electrons. The standard InChI is InChI=1S/C12H12F3NO4/c1-7(11(18)19)16-10(17)6-8-3-2-4-9(5-8)20-12(13,14)15/h2-5,7H,6H2,1H3,(H,16,17)(H,18,19)/t7-/m1/s1. The second kappa shape index (κ2) is 6.27. The molecule has 8 heteroatoms. The second-order valence-electron chi connectivity index (χ2n) is 4.00. The first-order valence-electron chi connectivity index (χ1n) is 5.54. The number of halogens is 3. The van der Waals surface area contributed by atoms with Crippen LogP contribution < -0.4 is 10.1 Å². The van der Waals surface area contributed by atoms with Gasteiger partial charge in [-0.05, 0) is 24.6 Å². The molecule has 1 aromatic rings. The number of rotatable bonds is 5. The van der Waals surface area contributed by atoms with E-state index < -0.39 is 30.0 Å². The first kappa shape index (κ1) is 15.8. The van der Waals surface area contributed by atoms with E-state index in [0.717, 1.165) is 12.1 Å². The van der Waals surface area contributed by atoms with E-state index in [2.05, 4.69) is 10.1 Å². The number of aliphatic carboxylic acids is 1. The van der Waals surface area contributed by atoms with Crippen LogP contribution in [0.25, 0.3) is 0 Å². The van der Waals surface area contributed by atoms with Gasteiger partial charge in [-0.2, -0.15) is 0 Å². The monoisotopic (exact) mass is 291 g/mol. The largest absolute Gasteiger partial charge is 0.573 e. The maximum atomic E-state index is 12.0. The van der Waals surface area contributed by atoms with Gasteiger partial charge in [-0.3, -0.25) is 9.59 Å². The number of ether oxygens (including phenoxy) is 1. The normalized spacial score (nSPS) is 12.6. The van der Waals surface area contributed by atoms with E-state index in [4.69, 9.17) is 5.11 Å². The van der Waals surface area contributed by atoms with Gasteiger partial charge in [-0.1, -0.05) is 12.1 Å². The van der Waals surface area contributed by atoms with Crippen LogP contribution in [0.3, 0.4) is 0 Å². The molecule has 1 rings (SSSR count). The summed E-state index contributed by atoms with van der Waals surface area (Å²) >= 11 is 0. The van der Waals surface area contributed by atoms with Gasteiger partial charge in [0.1, 0.15) is 11.8 Å². The summed E-state index contributed by atoms with van der Waals surface area (Å²) in [6.45, 7) is 1.28. The van der Waals surface area contributed by atoms with Gasteiger partial charge in [0, 0.05) is 0 Å². The first-order valence-corrected chi connectivity index (χ1v) is 5.54. The van der Waals surface area contributed by atoms with Crippen LogP contribution in [0.1, 0.15) is 12.5 Å². The Morgan fingerprint density at radius 3 is 2.60 bits per heavy atom. The first-order chi connectivity index (χ1) is 9.17. The lowest BCUT2D eigenvalue weighted by molar-refractivity contribution is -0.274. The predicted molar refractivity (Wildman–Crippen MR) is 62.1 cm³/mol. The molecule has 0 aliphatic heterocycles. The SMILES string of the molecule is C[C@@H](NC(=O)Cc1cccc(OC(F)(F)F)c1)C(=O)O. The average Bonchev–Trinajstić information content (AvgIpc) is 2.26. The van der Waals surface area contributed by atoms with Gasteiger partial charge < -0.3 is 15.2 Å². The van der Waals surface area contributed by atoms with Crippen molar-refractivity contribution >= 4 is 11.9 Å². The minimum absolute atomic E-state index is 0.243. The number of carboxylic acids is 1. The molecule has 20 heavy (non-hydrogen) atoms. The van der Waals surface area contributed by atoms with Crippen molar-refractivity contribution in [2.45, 2.75) is 25.7 Å². The molecule has 1 aromatic carbocycles. The van der Waals surface area contributed by atoms with Crippen molar-refractivity contribution in [3.63, 3.8) is 0 Å². The molecule has 2 N–H and O–H groups in total. The Hall–Kier alpha value is -2.25. The van der Waals surface area contributed by atoms with Gasteiger partial charge in [-0.25, -0.2) is 0 Å². The van der Waals surface area contributed by atoms with Crippen molar-refractivity contribution in [2.75, 3.05) is 0 Å². The Labute approximate surface area is 112 Å². The van der Waals surface area contributed by atoms with Crippen molar-refractivity contribution in [2.24, 2.45) is 0 Å². The van der Waals surface area contributed by atoms with Crippen LogP contribution in [-0.2, 0) is 16.0 Å². The summed E-state index contributed by atoms with van der Waals surface area (Å²) < 4.78 is 39.8. The number of carbonyl (C=O) groups excluding carboxylic acids is 1. The van der Waals surface area contributed by atoms with E-state index in [0.29, 0.717) is 0 Å². The molecule has 0 aromatic heterocycles. The van der Waals surface area contributed by atoms with Gasteiger partial charge in [0.05, 0.1) is 6.42 Å². The maximum absolute atomic E-state index is 12.0. The summed E-state index contributed by atoms with van der Waals surface area (Å²) in [5, 5.41) is 10.8. The quantitative estimate of drug-likeness (QED) is 0.866. The molecule has 0 fully saturated rings. The summed E-state index contributed by atoms with van der Waals surface area (Å²) in [7, 11) is 0. The number of benzene rings is 1. The lowest BCUT2D eigenvalue weighted by Crippen LogP contribution is -2.39. The molecule has 0 heterocycles. The summed E-state index contributed by atoms with van der Waals surface area (Å²) in [6, 6.07) is 3.85. The molecule has 110 valence electrons. The van der Waals surface area contributed by atoms with Crippen molar-refractivity contribution < 1.29 is 32.6 Å². The summed E-state index contributed by atoms with van der Waals surface area (Å²) in [4.78, 5) is 22.0. The fraction of sp³-hybridized carbons (Fsp3) is 0.333. The molecule has 0 bridgehead atoms. The highest BCUT2D eigenvalue weighted by atomic mass is 19.4. The van der Waals surface area contributed by atoms with Crippen LogP contribution >= 0.6 is 0 Å². The van der Waals surface area contributed by atoms with Crippen LogP contribution in [-0.4, -0.2) is 29.4 Å². The number of alkyl halides is 3.